The summed E-state index contributed by atoms with van der Waals surface area (Å²) in [7, 11) is 0. The van der Waals surface area contributed by atoms with Crippen LogP contribution in [0.1, 0.15) is 27.0 Å². The molecule has 0 atom stereocenters. The first-order chi connectivity index (χ1) is 16.8. The molecule has 0 saturated heterocycles. The van der Waals surface area contributed by atoms with Crippen LogP contribution >= 0.6 is 11.8 Å². The van der Waals surface area contributed by atoms with Crippen LogP contribution < -0.4 is 10.6 Å². The number of aromatic nitrogens is 1. The average Bonchev–Trinajstić information content (AvgIpc) is 3.18. The highest BCUT2D eigenvalue weighted by Crippen LogP contribution is 2.30. The van der Waals surface area contributed by atoms with Gasteiger partial charge in [-0.3, -0.25) is 9.59 Å². The zero-order valence-corrected chi connectivity index (χ0v) is 20.8. The van der Waals surface area contributed by atoms with Gasteiger partial charge in [0.15, 0.2) is 0 Å². The van der Waals surface area contributed by atoms with E-state index < -0.39 is 0 Å². The van der Waals surface area contributed by atoms with Gasteiger partial charge in [-0.2, -0.15) is 0 Å². The van der Waals surface area contributed by atoms with Crippen LogP contribution in [0.5, 0.6) is 0 Å². The van der Waals surface area contributed by atoms with Gasteiger partial charge < -0.3 is 15.2 Å². The van der Waals surface area contributed by atoms with E-state index in [2.05, 4.69) is 27.3 Å². The molecule has 5 nitrogen and oxygen atoms in total. The molecular formula is C28H28FN3O2S. The lowest BCUT2D eigenvalue weighted by Crippen LogP contribution is -2.27. The molecule has 4 aromatic rings. The van der Waals surface area contributed by atoms with Gasteiger partial charge in [0.05, 0.1) is 5.75 Å². The number of hydrogen-bond donors (Lipinski definition) is 2. The number of benzene rings is 3. The van der Waals surface area contributed by atoms with E-state index in [4.69, 9.17) is 0 Å². The molecule has 4 rings (SSSR count). The molecule has 2 N–H and O–H groups in total. The van der Waals surface area contributed by atoms with Gasteiger partial charge in [-0.15, -0.1) is 11.8 Å². The number of carbonyl (C=O) groups excluding carboxylic acids is 2. The normalized spacial score (nSPS) is 11.0. The third kappa shape index (κ3) is 5.92. The summed E-state index contributed by atoms with van der Waals surface area (Å²) in [5, 5.41) is 7.01. The van der Waals surface area contributed by atoms with E-state index in [1.54, 1.807) is 0 Å². The van der Waals surface area contributed by atoms with Crippen molar-refractivity contribution in [2.24, 2.45) is 0 Å². The predicted molar refractivity (Wildman–Crippen MR) is 141 cm³/mol. The molecule has 2 amide bonds. The van der Waals surface area contributed by atoms with Gasteiger partial charge in [0.2, 0.25) is 5.91 Å². The van der Waals surface area contributed by atoms with Crippen molar-refractivity contribution in [3.63, 3.8) is 0 Å². The Kier molecular flexibility index (Phi) is 7.56. The van der Waals surface area contributed by atoms with Gasteiger partial charge in [-0.25, -0.2) is 4.39 Å². The van der Waals surface area contributed by atoms with E-state index in [0.717, 1.165) is 32.6 Å². The average molecular weight is 490 g/mol. The lowest BCUT2D eigenvalue weighted by molar-refractivity contribution is -0.113. The number of aryl methyl sites for hydroxylation is 3. The van der Waals surface area contributed by atoms with Crippen LogP contribution in [0, 0.1) is 26.6 Å². The zero-order valence-electron chi connectivity index (χ0n) is 20.0. The van der Waals surface area contributed by atoms with E-state index in [0.29, 0.717) is 24.4 Å². The number of rotatable bonds is 8. The van der Waals surface area contributed by atoms with Crippen molar-refractivity contribution in [1.82, 2.24) is 9.88 Å². The standard InChI is InChI=1S/C28H28FN3O2S/c1-18-14-19(2)27(20(3)15-18)31-26(33)17-35-25-16-32(24-7-5-4-6-23(24)25)13-12-30-28(34)21-8-10-22(29)11-9-21/h4-11,14-16H,12-13,17H2,1-3H3,(H,30,34)(H,31,33). The van der Waals surface area contributed by atoms with Crippen LogP contribution in [0.25, 0.3) is 10.9 Å². The third-order valence-electron chi connectivity index (χ3n) is 5.80. The van der Waals surface area contributed by atoms with Crippen LogP contribution in [0.3, 0.4) is 0 Å². The lowest BCUT2D eigenvalue weighted by atomic mass is 10.1. The SMILES string of the molecule is Cc1cc(C)c(NC(=O)CSc2cn(CCNC(=O)c3ccc(F)cc3)c3ccccc23)c(C)c1. The summed E-state index contributed by atoms with van der Waals surface area (Å²) < 4.78 is 15.2. The third-order valence-corrected chi connectivity index (χ3v) is 6.84. The molecule has 0 spiro atoms. The summed E-state index contributed by atoms with van der Waals surface area (Å²) in [6.07, 6.45) is 2.02. The maximum absolute atomic E-state index is 13.1. The van der Waals surface area contributed by atoms with Crippen molar-refractivity contribution in [3.05, 3.63) is 94.9 Å². The number of amides is 2. The smallest absolute Gasteiger partial charge is 0.251 e. The van der Waals surface area contributed by atoms with Crippen molar-refractivity contribution in [2.45, 2.75) is 32.2 Å². The molecule has 180 valence electrons. The lowest BCUT2D eigenvalue weighted by Gasteiger charge is -2.12. The highest BCUT2D eigenvalue weighted by atomic mass is 32.2. The van der Waals surface area contributed by atoms with Crippen molar-refractivity contribution in [2.75, 3.05) is 17.6 Å². The fourth-order valence-corrected chi connectivity index (χ4v) is 5.09. The quantitative estimate of drug-likeness (QED) is 0.305. The molecule has 1 aromatic heterocycles. The Labute approximate surface area is 208 Å². The molecule has 0 bridgehead atoms. The Morgan fingerprint density at radius 2 is 1.66 bits per heavy atom. The second-order valence-electron chi connectivity index (χ2n) is 8.58. The van der Waals surface area contributed by atoms with Crippen LogP contribution in [-0.4, -0.2) is 28.7 Å². The maximum Gasteiger partial charge on any atom is 0.251 e. The van der Waals surface area contributed by atoms with Crippen LogP contribution in [0.4, 0.5) is 10.1 Å². The minimum Gasteiger partial charge on any atom is -0.350 e. The minimum absolute atomic E-state index is 0.0477. The topological polar surface area (TPSA) is 63.1 Å². The van der Waals surface area contributed by atoms with Gasteiger partial charge in [-0.1, -0.05) is 35.9 Å². The van der Waals surface area contributed by atoms with Gasteiger partial charge in [-0.05, 0) is 62.2 Å². The monoisotopic (exact) mass is 489 g/mol. The maximum atomic E-state index is 13.1. The highest BCUT2D eigenvalue weighted by Gasteiger charge is 2.13. The highest BCUT2D eigenvalue weighted by molar-refractivity contribution is 8.00. The van der Waals surface area contributed by atoms with Crippen molar-refractivity contribution in [3.8, 4) is 0 Å². The van der Waals surface area contributed by atoms with Crippen molar-refractivity contribution < 1.29 is 14.0 Å². The number of para-hydroxylation sites is 1. The fourth-order valence-electron chi connectivity index (χ4n) is 4.20. The van der Waals surface area contributed by atoms with Crippen LogP contribution in [0.2, 0.25) is 0 Å². The molecule has 0 aliphatic rings. The van der Waals surface area contributed by atoms with Gasteiger partial charge in [0.1, 0.15) is 5.82 Å². The molecule has 0 fully saturated rings. The Balaban J connectivity index is 1.40. The Bertz CT molecular complexity index is 1360. The molecule has 0 aliphatic carbocycles. The number of anilines is 1. The number of fused-ring (bicyclic) bond motifs is 1. The van der Waals surface area contributed by atoms with E-state index >= 15 is 0 Å². The first kappa shape index (κ1) is 24.5. The molecular weight excluding hydrogens is 461 g/mol. The molecule has 3 aromatic carbocycles. The number of halogens is 1. The molecule has 1 heterocycles. The van der Waals surface area contributed by atoms with E-state index in [1.165, 1.54) is 41.6 Å². The minimum atomic E-state index is -0.372. The molecule has 0 radical (unpaired) electrons. The van der Waals surface area contributed by atoms with Gasteiger partial charge in [0.25, 0.3) is 5.91 Å². The summed E-state index contributed by atoms with van der Waals surface area (Å²) in [5.74, 6) is -0.367. The second kappa shape index (κ2) is 10.8. The summed E-state index contributed by atoms with van der Waals surface area (Å²) in [4.78, 5) is 26.0. The second-order valence-corrected chi connectivity index (χ2v) is 9.59. The Hall–Kier alpha value is -3.58. The number of carbonyl (C=O) groups is 2. The summed E-state index contributed by atoms with van der Waals surface area (Å²) in [5.41, 5.74) is 5.62. The summed E-state index contributed by atoms with van der Waals surface area (Å²) in [6.45, 7) is 7.05. The Morgan fingerprint density at radius 3 is 2.37 bits per heavy atom. The van der Waals surface area contributed by atoms with Crippen LogP contribution in [-0.2, 0) is 11.3 Å². The van der Waals surface area contributed by atoms with Gasteiger partial charge in [0, 0.05) is 46.3 Å². The van der Waals surface area contributed by atoms with Crippen LogP contribution in [0.15, 0.2) is 71.8 Å². The van der Waals surface area contributed by atoms with E-state index in [1.807, 2.05) is 51.2 Å². The number of hydrogen-bond acceptors (Lipinski definition) is 3. The number of nitrogens with one attached hydrogen (secondary N) is 2. The molecule has 35 heavy (non-hydrogen) atoms. The molecule has 7 heteroatoms. The first-order valence-corrected chi connectivity index (χ1v) is 12.4. The largest absolute Gasteiger partial charge is 0.350 e. The Morgan fingerprint density at radius 1 is 0.971 bits per heavy atom. The van der Waals surface area contributed by atoms with Crippen molar-refractivity contribution >= 4 is 40.2 Å². The fraction of sp³-hybridized carbons (Fsp3) is 0.214. The molecule has 0 unspecified atom stereocenters. The van der Waals surface area contributed by atoms with E-state index in [-0.39, 0.29) is 17.6 Å². The van der Waals surface area contributed by atoms with E-state index in [9.17, 15) is 14.0 Å². The molecule has 0 saturated carbocycles. The predicted octanol–water partition coefficient (Wildman–Crippen LogP) is 5.87. The zero-order chi connectivity index (χ0) is 24.9. The number of thioether (sulfide) groups is 1. The van der Waals surface area contributed by atoms with Crippen molar-refractivity contribution in [1.29, 1.82) is 0 Å². The molecule has 0 aliphatic heterocycles. The summed E-state index contributed by atoms with van der Waals surface area (Å²) >= 11 is 1.50. The summed E-state index contributed by atoms with van der Waals surface area (Å²) in [6, 6.07) is 17.6. The first-order valence-electron chi connectivity index (χ1n) is 11.4. The van der Waals surface area contributed by atoms with Gasteiger partial charge >= 0.3 is 0 Å². The number of nitrogens with zero attached hydrogens (tertiary/aromatic N) is 1.